The van der Waals surface area contributed by atoms with Crippen molar-refractivity contribution in [2.45, 2.75) is 13.8 Å². The average Bonchev–Trinajstić information content (AvgIpc) is 2.50. The minimum atomic E-state index is -0.353. The van der Waals surface area contributed by atoms with Gasteiger partial charge in [0.05, 0.1) is 5.56 Å². The molecule has 1 heterocycles. The van der Waals surface area contributed by atoms with Gasteiger partial charge in [-0.2, -0.15) is 0 Å². The van der Waals surface area contributed by atoms with Crippen LogP contribution in [0.1, 0.15) is 21.5 Å². The molecule has 5 nitrogen and oxygen atoms in total. The number of amides is 1. The number of hydrogen-bond donors (Lipinski definition) is 3. The largest absolute Gasteiger partial charge is 0.331 e. The Bertz CT molecular complexity index is 703. The molecule has 22 heavy (non-hydrogen) atoms. The topological polar surface area (TPSA) is 66.0 Å². The number of hydrazine groups is 1. The predicted molar refractivity (Wildman–Crippen MR) is 92.0 cm³/mol. The van der Waals surface area contributed by atoms with Gasteiger partial charge in [0.1, 0.15) is 5.15 Å². The van der Waals surface area contributed by atoms with Crippen LogP contribution in [0.5, 0.6) is 0 Å². The molecule has 1 amide bonds. The Balaban J connectivity index is 1.91. The molecule has 7 heteroatoms. The molecule has 1 aromatic carbocycles. The molecular formula is C15H15ClN4OS. The van der Waals surface area contributed by atoms with E-state index in [4.69, 9.17) is 23.8 Å². The number of hydrogen-bond acceptors (Lipinski definition) is 3. The van der Waals surface area contributed by atoms with Gasteiger partial charge in [-0.25, -0.2) is 4.98 Å². The van der Waals surface area contributed by atoms with Gasteiger partial charge in [-0.1, -0.05) is 23.7 Å². The molecule has 114 valence electrons. The molecule has 0 bridgehead atoms. The number of carbonyl (C=O) groups is 1. The first-order valence-corrected chi connectivity index (χ1v) is 7.31. The standard InChI is InChI=1S/C15H15ClN4OS/c1-9-4-3-5-12(10(9)2)18-15(22)20-19-14(21)11-6-7-13(16)17-8-11/h3-8H,1-2H3,(H,19,21)(H2,18,20,22). The summed E-state index contributed by atoms with van der Waals surface area (Å²) < 4.78 is 0. The third-order valence-electron chi connectivity index (χ3n) is 3.13. The minimum Gasteiger partial charge on any atom is -0.331 e. The highest BCUT2D eigenvalue weighted by Crippen LogP contribution is 2.17. The number of thiocarbonyl (C=S) groups is 1. The summed E-state index contributed by atoms with van der Waals surface area (Å²) >= 11 is 10.8. The fourth-order valence-electron chi connectivity index (χ4n) is 1.74. The van der Waals surface area contributed by atoms with Crippen LogP contribution in [0.4, 0.5) is 5.69 Å². The van der Waals surface area contributed by atoms with Crippen LogP contribution in [-0.2, 0) is 0 Å². The van der Waals surface area contributed by atoms with Crippen molar-refractivity contribution >= 4 is 40.5 Å². The Hall–Kier alpha value is -2.18. The first-order valence-electron chi connectivity index (χ1n) is 6.52. The summed E-state index contributed by atoms with van der Waals surface area (Å²) in [5.41, 5.74) is 8.67. The quantitative estimate of drug-likeness (QED) is 0.447. The van der Waals surface area contributed by atoms with Gasteiger partial charge in [-0.3, -0.25) is 15.6 Å². The summed E-state index contributed by atoms with van der Waals surface area (Å²) in [6.07, 6.45) is 1.39. The van der Waals surface area contributed by atoms with Crippen molar-refractivity contribution in [1.29, 1.82) is 0 Å². The van der Waals surface area contributed by atoms with Crippen molar-refractivity contribution in [3.05, 3.63) is 58.4 Å². The maximum atomic E-state index is 11.9. The summed E-state index contributed by atoms with van der Waals surface area (Å²) in [7, 11) is 0. The van der Waals surface area contributed by atoms with Crippen molar-refractivity contribution in [2.75, 3.05) is 5.32 Å². The average molecular weight is 335 g/mol. The van der Waals surface area contributed by atoms with Crippen LogP contribution in [-0.4, -0.2) is 16.0 Å². The molecule has 0 spiro atoms. The van der Waals surface area contributed by atoms with Gasteiger partial charge in [0.2, 0.25) is 0 Å². The maximum absolute atomic E-state index is 11.9. The monoisotopic (exact) mass is 334 g/mol. The highest BCUT2D eigenvalue weighted by Gasteiger charge is 2.07. The Kier molecular flexibility index (Phi) is 5.30. The fourth-order valence-corrected chi connectivity index (χ4v) is 2.01. The van der Waals surface area contributed by atoms with Crippen LogP contribution in [0, 0.1) is 13.8 Å². The summed E-state index contributed by atoms with van der Waals surface area (Å²) in [6, 6.07) is 9.00. The molecule has 0 unspecified atom stereocenters. The Labute approximate surface area is 139 Å². The van der Waals surface area contributed by atoms with E-state index >= 15 is 0 Å². The number of aromatic nitrogens is 1. The van der Waals surface area contributed by atoms with Crippen molar-refractivity contribution < 1.29 is 4.79 Å². The van der Waals surface area contributed by atoms with E-state index in [1.54, 1.807) is 12.1 Å². The number of nitrogens with zero attached hydrogens (tertiary/aromatic N) is 1. The van der Waals surface area contributed by atoms with Crippen molar-refractivity contribution in [1.82, 2.24) is 15.8 Å². The Morgan fingerprint density at radius 1 is 1.18 bits per heavy atom. The van der Waals surface area contributed by atoms with E-state index in [1.807, 2.05) is 32.0 Å². The molecule has 0 saturated heterocycles. The minimum absolute atomic E-state index is 0.295. The first kappa shape index (κ1) is 16.2. The number of anilines is 1. The van der Waals surface area contributed by atoms with Crippen molar-refractivity contribution in [3.63, 3.8) is 0 Å². The van der Waals surface area contributed by atoms with Crippen LogP contribution >= 0.6 is 23.8 Å². The third kappa shape index (κ3) is 4.16. The summed E-state index contributed by atoms with van der Waals surface area (Å²) in [5.74, 6) is -0.353. The highest BCUT2D eigenvalue weighted by molar-refractivity contribution is 7.80. The van der Waals surface area contributed by atoms with Crippen molar-refractivity contribution in [2.24, 2.45) is 0 Å². The SMILES string of the molecule is Cc1cccc(NC(=S)NNC(=O)c2ccc(Cl)nc2)c1C. The van der Waals surface area contributed by atoms with E-state index in [2.05, 4.69) is 21.2 Å². The number of nitrogens with one attached hydrogen (secondary N) is 3. The van der Waals surface area contributed by atoms with Crippen molar-refractivity contribution in [3.8, 4) is 0 Å². The lowest BCUT2D eigenvalue weighted by atomic mass is 10.1. The Morgan fingerprint density at radius 3 is 2.64 bits per heavy atom. The smallest absolute Gasteiger partial charge is 0.271 e. The number of rotatable bonds is 2. The molecule has 0 aliphatic heterocycles. The summed E-state index contributed by atoms with van der Waals surface area (Å²) in [4.78, 5) is 15.7. The number of benzene rings is 1. The first-order chi connectivity index (χ1) is 10.5. The number of aryl methyl sites for hydroxylation is 1. The molecule has 1 aromatic heterocycles. The lowest BCUT2D eigenvalue weighted by Crippen LogP contribution is -2.43. The van der Waals surface area contributed by atoms with Gasteiger partial charge in [0, 0.05) is 11.9 Å². The van der Waals surface area contributed by atoms with E-state index in [1.165, 1.54) is 6.20 Å². The van der Waals surface area contributed by atoms with Crippen LogP contribution in [0.25, 0.3) is 0 Å². The molecule has 0 aliphatic rings. The molecular weight excluding hydrogens is 320 g/mol. The summed E-state index contributed by atoms with van der Waals surface area (Å²) in [6.45, 7) is 4.02. The molecule has 0 saturated carbocycles. The van der Waals surface area contributed by atoms with Gasteiger partial charge in [0.25, 0.3) is 5.91 Å². The normalized spacial score (nSPS) is 9.95. The zero-order valence-electron chi connectivity index (χ0n) is 12.1. The lowest BCUT2D eigenvalue weighted by molar-refractivity contribution is 0.0944. The number of halogens is 1. The third-order valence-corrected chi connectivity index (χ3v) is 3.56. The second-order valence-electron chi connectivity index (χ2n) is 4.65. The van der Waals surface area contributed by atoms with E-state index in [9.17, 15) is 4.79 Å². The molecule has 2 rings (SSSR count). The zero-order chi connectivity index (χ0) is 16.1. The number of carbonyl (C=O) groups excluding carboxylic acids is 1. The van der Waals surface area contributed by atoms with Crippen LogP contribution in [0.3, 0.4) is 0 Å². The van der Waals surface area contributed by atoms with E-state index in [0.29, 0.717) is 15.8 Å². The molecule has 0 atom stereocenters. The van der Waals surface area contributed by atoms with E-state index < -0.39 is 0 Å². The molecule has 0 aliphatic carbocycles. The number of pyridine rings is 1. The van der Waals surface area contributed by atoms with E-state index in [-0.39, 0.29) is 5.91 Å². The van der Waals surface area contributed by atoms with Gasteiger partial charge in [0.15, 0.2) is 5.11 Å². The van der Waals surface area contributed by atoms with Gasteiger partial charge < -0.3 is 5.32 Å². The molecule has 3 N–H and O–H groups in total. The molecule has 0 radical (unpaired) electrons. The highest BCUT2D eigenvalue weighted by atomic mass is 35.5. The van der Waals surface area contributed by atoms with Gasteiger partial charge in [-0.15, -0.1) is 0 Å². The molecule has 0 fully saturated rings. The van der Waals surface area contributed by atoms with Gasteiger partial charge >= 0.3 is 0 Å². The zero-order valence-corrected chi connectivity index (χ0v) is 13.7. The maximum Gasteiger partial charge on any atom is 0.271 e. The second-order valence-corrected chi connectivity index (χ2v) is 5.45. The summed E-state index contributed by atoms with van der Waals surface area (Å²) in [5, 5.41) is 3.66. The van der Waals surface area contributed by atoms with Crippen LogP contribution < -0.4 is 16.2 Å². The van der Waals surface area contributed by atoms with Crippen LogP contribution in [0.15, 0.2) is 36.5 Å². The fraction of sp³-hybridized carbons (Fsp3) is 0.133. The predicted octanol–water partition coefficient (Wildman–Crippen LogP) is 2.98. The van der Waals surface area contributed by atoms with E-state index in [0.717, 1.165) is 16.8 Å². The van der Waals surface area contributed by atoms with Crippen LogP contribution in [0.2, 0.25) is 5.15 Å². The molecule has 2 aromatic rings. The Morgan fingerprint density at radius 2 is 1.95 bits per heavy atom. The van der Waals surface area contributed by atoms with Gasteiger partial charge in [-0.05, 0) is 55.4 Å². The second kappa shape index (κ2) is 7.20. The lowest BCUT2D eigenvalue weighted by Gasteiger charge is -2.14.